The van der Waals surface area contributed by atoms with E-state index in [-0.39, 0.29) is 11.7 Å². The van der Waals surface area contributed by atoms with Crippen LogP contribution in [0.1, 0.15) is 29.1 Å². The van der Waals surface area contributed by atoms with E-state index < -0.39 is 10.8 Å². The normalized spacial score (nSPS) is 17.2. The Morgan fingerprint density at radius 3 is 2.61 bits per heavy atom. The molecule has 1 aliphatic heterocycles. The van der Waals surface area contributed by atoms with Gasteiger partial charge < -0.3 is 9.32 Å². The van der Waals surface area contributed by atoms with Crippen LogP contribution in [0, 0.1) is 10.1 Å². The van der Waals surface area contributed by atoms with E-state index in [1.165, 1.54) is 17.7 Å². The van der Waals surface area contributed by atoms with E-state index in [2.05, 4.69) is 28.7 Å². The number of amides is 1. The molecule has 1 unspecified atom stereocenters. The van der Waals surface area contributed by atoms with Gasteiger partial charge in [-0.15, -0.1) is 0 Å². The Bertz CT molecular complexity index is 689. The van der Waals surface area contributed by atoms with Gasteiger partial charge in [0.15, 0.2) is 5.76 Å². The van der Waals surface area contributed by atoms with Crippen molar-refractivity contribution in [3.63, 3.8) is 0 Å². The number of carbonyl (C=O) groups excluding carboxylic acids is 1. The lowest BCUT2D eigenvalue weighted by Crippen LogP contribution is -2.49. The standard InChI is InChI=1S/C15H17N3O4S/c1-11(12-4-9-23-10-12)16-5-7-17(8-6-16)15(19)13-2-3-14(22-13)18(20)21/h2-4,9-11H,5-8H2,1H3. The van der Waals surface area contributed by atoms with Crippen LogP contribution in [0.4, 0.5) is 5.88 Å². The molecular weight excluding hydrogens is 318 g/mol. The highest BCUT2D eigenvalue weighted by Gasteiger charge is 2.28. The molecule has 2 aromatic heterocycles. The van der Waals surface area contributed by atoms with Gasteiger partial charge in [-0.05, 0) is 35.4 Å². The van der Waals surface area contributed by atoms with Gasteiger partial charge in [-0.1, -0.05) is 0 Å². The monoisotopic (exact) mass is 335 g/mol. The first-order valence-electron chi connectivity index (χ1n) is 7.36. The Balaban J connectivity index is 1.59. The third kappa shape index (κ3) is 3.27. The molecule has 2 aromatic rings. The highest BCUT2D eigenvalue weighted by molar-refractivity contribution is 7.07. The summed E-state index contributed by atoms with van der Waals surface area (Å²) in [6.45, 7) is 4.87. The van der Waals surface area contributed by atoms with Crippen LogP contribution in [0.5, 0.6) is 0 Å². The van der Waals surface area contributed by atoms with Gasteiger partial charge in [-0.2, -0.15) is 11.3 Å². The van der Waals surface area contributed by atoms with Crippen LogP contribution in [-0.4, -0.2) is 46.8 Å². The molecular formula is C15H17N3O4S. The summed E-state index contributed by atoms with van der Waals surface area (Å²) < 4.78 is 4.99. The smallest absolute Gasteiger partial charge is 0.395 e. The van der Waals surface area contributed by atoms with Crippen LogP contribution in [0.3, 0.4) is 0 Å². The number of nitrogens with zero attached hydrogens (tertiary/aromatic N) is 3. The van der Waals surface area contributed by atoms with E-state index >= 15 is 0 Å². The average molecular weight is 335 g/mol. The van der Waals surface area contributed by atoms with Gasteiger partial charge in [0, 0.05) is 32.2 Å². The minimum absolute atomic E-state index is 0.0241. The predicted octanol–water partition coefficient (Wildman–Crippen LogP) is 2.77. The Labute approximate surface area is 137 Å². The van der Waals surface area contributed by atoms with Crippen molar-refractivity contribution in [3.05, 3.63) is 50.4 Å². The highest BCUT2D eigenvalue weighted by atomic mass is 32.1. The quantitative estimate of drug-likeness (QED) is 0.634. The molecule has 0 aromatic carbocycles. The van der Waals surface area contributed by atoms with E-state index in [0.717, 1.165) is 13.1 Å². The first kappa shape index (κ1) is 15.7. The molecule has 23 heavy (non-hydrogen) atoms. The van der Waals surface area contributed by atoms with Crippen molar-refractivity contribution in [1.82, 2.24) is 9.80 Å². The number of hydrogen-bond donors (Lipinski definition) is 0. The number of furan rings is 1. The lowest BCUT2D eigenvalue weighted by Gasteiger charge is -2.37. The molecule has 0 bridgehead atoms. The summed E-state index contributed by atoms with van der Waals surface area (Å²) in [4.78, 5) is 26.3. The number of hydrogen-bond acceptors (Lipinski definition) is 6. The molecule has 0 aliphatic carbocycles. The largest absolute Gasteiger partial charge is 0.433 e. The topological polar surface area (TPSA) is 79.8 Å². The van der Waals surface area contributed by atoms with Crippen LogP contribution < -0.4 is 0 Å². The third-order valence-electron chi connectivity index (χ3n) is 4.16. The van der Waals surface area contributed by atoms with Crippen LogP contribution in [0.15, 0.2) is 33.4 Å². The number of thiophene rings is 1. The summed E-state index contributed by atoms with van der Waals surface area (Å²) in [5.74, 6) is -0.671. The molecule has 0 spiro atoms. The maximum absolute atomic E-state index is 12.3. The second-order valence-corrected chi connectivity index (χ2v) is 6.24. The van der Waals surface area contributed by atoms with Crippen molar-refractivity contribution in [1.29, 1.82) is 0 Å². The molecule has 0 radical (unpaired) electrons. The maximum atomic E-state index is 12.3. The SMILES string of the molecule is CC(c1ccsc1)N1CCN(C(=O)c2ccc([N+](=O)[O-])o2)CC1. The minimum atomic E-state index is -0.642. The Morgan fingerprint density at radius 2 is 2.04 bits per heavy atom. The molecule has 122 valence electrons. The van der Waals surface area contributed by atoms with Crippen molar-refractivity contribution >= 4 is 23.1 Å². The summed E-state index contributed by atoms with van der Waals surface area (Å²) in [6, 6.07) is 5.01. The molecule has 3 rings (SSSR count). The minimum Gasteiger partial charge on any atom is -0.395 e. The molecule has 7 nitrogen and oxygen atoms in total. The predicted molar refractivity (Wildman–Crippen MR) is 85.6 cm³/mol. The first-order valence-corrected chi connectivity index (χ1v) is 8.30. The van der Waals surface area contributed by atoms with Crippen LogP contribution in [0.2, 0.25) is 0 Å². The lowest BCUT2D eigenvalue weighted by atomic mass is 10.1. The number of nitro groups is 1. The van der Waals surface area contributed by atoms with Gasteiger partial charge in [0.05, 0.1) is 6.07 Å². The van der Waals surface area contributed by atoms with E-state index in [0.29, 0.717) is 19.1 Å². The maximum Gasteiger partial charge on any atom is 0.433 e. The zero-order valence-corrected chi connectivity index (χ0v) is 13.5. The number of rotatable bonds is 4. The third-order valence-corrected chi connectivity index (χ3v) is 4.86. The summed E-state index contributed by atoms with van der Waals surface area (Å²) in [5.41, 5.74) is 1.29. The van der Waals surface area contributed by atoms with Gasteiger partial charge in [-0.3, -0.25) is 19.8 Å². The summed E-state index contributed by atoms with van der Waals surface area (Å²) in [6.07, 6.45) is 0. The summed E-state index contributed by atoms with van der Waals surface area (Å²) in [5, 5.41) is 14.8. The molecule has 8 heteroatoms. The second-order valence-electron chi connectivity index (χ2n) is 5.46. The fourth-order valence-corrected chi connectivity index (χ4v) is 3.48. The van der Waals surface area contributed by atoms with Gasteiger partial charge >= 0.3 is 5.88 Å². The van der Waals surface area contributed by atoms with Gasteiger partial charge in [0.1, 0.15) is 4.92 Å². The van der Waals surface area contributed by atoms with Gasteiger partial charge in [0.25, 0.3) is 5.91 Å². The Hall–Kier alpha value is -2.19. The van der Waals surface area contributed by atoms with Crippen molar-refractivity contribution in [2.45, 2.75) is 13.0 Å². The molecule has 1 saturated heterocycles. The first-order chi connectivity index (χ1) is 11.1. The molecule has 1 aliphatic rings. The highest BCUT2D eigenvalue weighted by Crippen LogP contribution is 2.24. The lowest BCUT2D eigenvalue weighted by molar-refractivity contribution is -0.402. The Morgan fingerprint density at radius 1 is 1.30 bits per heavy atom. The van der Waals surface area contributed by atoms with Crippen LogP contribution in [-0.2, 0) is 0 Å². The number of piperazine rings is 1. The summed E-state index contributed by atoms with van der Waals surface area (Å²) in [7, 11) is 0. The molecule has 1 fully saturated rings. The van der Waals surface area contributed by atoms with E-state index in [4.69, 9.17) is 4.42 Å². The van der Waals surface area contributed by atoms with E-state index in [9.17, 15) is 14.9 Å². The zero-order valence-electron chi connectivity index (χ0n) is 12.7. The van der Waals surface area contributed by atoms with E-state index in [1.54, 1.807) is 16.2 Å². The van der Waals surface area contributed by atoms with Crippen molar-refractivity contribution in [3.8, 4) is 0 Å². The molecule has 1 amide bonds. The second kappa shape index (κ2) is 6.51. The fourth-order valence-electron chi connectivity index (χ4n) is 2.73. The molecule has 0 saturated carbocycles. The van der Waals surface area contributed by atoms with Crippen LogP contribution in [0.25, 0.3) is 0 Å². The van der Waals surface area contributed by atoms with Crippen molar-refractivity contribution in [2.24, 2.45) is 0 Å². The van der Waals surface area contributed by atoms with E-state index in [1.807, 2.05) is 0 Å². The fraction of sp³-hybridized carbons (Fsp3) is 0.400. The average Bonchev–Trinajstić information content (AvgIpc) is 3.25. The van der Waals surface area contributed by atoms with Crippen molar-refractivity contribution < 1.29 is 14.1 Å². The summed E-state index contributed by atoms with van der Waals surface area (Å²) >= 11 is 1.68. The molecule has 3 heterocycles. The zero-order chi connectivity index (χ0) is 16.4. The van der Waals surface area contributed by atoms with Gasteiger partial charge in [0.2, 0.25) is 0 Å². The Kier molecular flexibility index (Phi) is 4.44. The van der Waals surface area contributed by atoms with Crippen molar-refractivity contribution in [2.75, 3.05) is 26.2 Å². The molecule has 1 atom stereocenters. The van der Waals surface area contributed by atoms with Crippen LogP contribution >= 0.6 is 11.3 Å². The number of carbonyl (C=O) groups is 1. The molecule has 0 N–H and O–H groups in total. The van der Waals surface area contributed by atoms with Gasteiger partial charge in [-0.25, -0.2) is 0 Å².